The zero-order valence-corrected chi connectivity index (χ0v) is 17.9. The van der Waals surface area contributed by atoms with Crippen molar-refractivity contribution in [3.63, 3.8) is 0 Å². The minimum absolute atomic E-state index is 0.0656. The lowest BCUT2D eigenvalue weighted by Gasteiger charge is -2.36. The molecule has 2 fully saturated rings. The van der Waals surface area contributed by atoms with Gasteiger partial charge in [-0.3, -0.25) is 14.5 Å². The molecule has 0 N–H and O–H groups in total. The van der Waals surface area contributed by atoms with Gasteiger partial charge in [-0.25, -0.2) is 0 Å². The first-order valence-corrected chi connectivity index (χ1v) is 11.0. The third-order valence-corrected chi connectivity index (χ3v) is 7.02. The summed E-state index contributed by atoms with van der Waals surface area (Å²) >= 11 is 1.65. The van der Waals surface area contributed by atoms with Crippen LogP contribution >= 0.6 is 11.3 Å². The van der Waals surface area contributed by atoms with Crippen LogP contribution in [-0.4, -0.2) is 90.1 Å². The van der Waals surface area contributed by atoms with Gasteiger partial charge in [-0.05, 0) is 31.5 Å². The molecule has 2 aromatic rings. The minimum Gasteiger partial charge on any atom is -0.379 e. The maximum atomic E-state index is 13.3. The maximum Gasteiger partial charge on any atom is 0.257 e. The first-order valence-electron chi connectivity index (χ1n) is 10.1. The van der Waals surface area contributed by atoms with Gasteiger partial charge in [-0.1, -0.05) is 0 Å². The van der Waals surface area contributed by atoms with Crippen molar-refractivity contribution in [2.75, 3.05) is 59.0 Å². The van der Waals surface area contributed by atoms with Crippen LogP contribution < -0.4 is 0 Å². The molecule has 0 saturated carbocycles. The predicted octanol–water partition coefficient (Wildman–Crippen LogP) is 1.77. The molecule has 2 amide bonds. The van der Waals surface area contributed by atoms with Crippen LogP contribution in [0.25, 0.3) is 5.00 Å². The van der Waals surface area contributed by atoms with E-state index >= 15 is 0 Å². The molecule has 2 aromatic heterocycles. The number of nitrogens with zero attached hydrogens (tertiary/aromatic N) is 4. The quantitative estimate of drug-likeness (QED) is 0.762. The van der Waals surface area contributed by atoms with Crippen molar-refractivity contribution in [1.29, 1.82) is 0 Å². The Morgan fingerprint density at radius 2 is 1.59 bits per heavy atom. The second-order valence-electron chi connectivity index (χ2n) is 7.62. The Morgan fingerprint density at radius 1 is 0.966 bits per heavy atom. The summed E-state index contributed by atoms with van der Waals surface area (Å²) in [5.74, 6) is 0.213. The van der Waals surface area contributed by atoms with Gasteiger partial charge >= 0.3 is 0 Å². The summed E-state index contributed by atoms with van der Waals surface area (Å²) in [4.78, 5) is 33.0. The Balaban J connectivity index is 1.40. The van der Waals surface area contributed by atoms with Gasteiger partial charge < -0.3 is 19.1 Å². The second-order valence-corrected chi connectivity index (χ2v) is 8.82. The molecular formula is C21H28N4O3S. The highest BCUT2D eigenvalue weighted by atomic mass is 32.1. The van der Waals surface area contributed by atoms with Gasteiger partial charge in [0.2, 0.25) is 5.91 Å². The largest absolute Gasteiger partial charge is 0.379 e. The summed E-state index contributed by atoms with van der Waals surface area (Å²) in [7, 11) is 0. The molecule has 7 nitrogen and oxygen atoms in total. The molecule has 2 aliphatic heterocycles. The molecule has 0 aliphatic carbocycles. The number of aromatic nitrogens is 1. The minimum atomic E-state index is 0.0656. The number of piperazine rings is 1. The molecule has 0 atom stereocenters. The lowest BCUT2D eigenvalue weighted by molar-refractivity contribution is -0.134. The first kappa shape index (κ1) is 20.1. The molecule has 2 aliphatic rings. The SMILES string of the molecule is Cc1sc(-n2cccc2)c(C(=O)N2CCN(C(=O)CN3CCOCC3)CC2)c1C. The van der Waals surface area contributed by atoms with E-state index in [0.717, 1.165) is 34.1 Å². The number of thiophene rings is 1. The Hall–Kier alpha value is -2.16. The van der Waals surface area contributed by atoms with E-state index in [1.54, 1.807) is 11.3 Å². The summed E-state index contributed by atoms with van der Waals surface area (Å²) in [6, 6.07) is 3.94. The average molecular weight is 417 g/mol. The van der Waals surface area contributed by atoms with Gasteiger partial charge in [0.15, 0.2) is 0 Å². The fourth-order valence-corrected chi connectivity index (χ4v) is 5.00. The van der Waals surface area contributed by atoms with E-state index in [2.05, 4.69) is 11.8 Å². The zero-order chi connectivity index (χ0) is 20.4. The molecule has 29 heavy (non-hydrogen) atoms. The number of ether oxygens (including phenoxy) is 1. The normalized spacial score (nSPS) is 18.3. The van der Waals surface area contributed by atoms with Crippen LogP contribution in [0.2, 0.25) is 0 Å². The Kier molecular flexibility index (Phi) is 6.03. The number of morpholine rings is 1. The number of carbonyl (C=O) groups excluding carboxylic acids is 2. The van der Waals surface area contributed by atoms with E-state index in [0.29, 0.717) is 45.9 Å². The summed E-state index contributed by atoms with van der Waals surface area (Å²) in [6.45, 7) is 9.87. The number of hydrogen-bond donors (Lipinski definition) is 0. The summed E-state index contributed by atoms with van der Waals surface area (Å²) < 4.78 is 7.36. The van der Waals surface area contributed by atoms with Crippen LogP contribution in [0.15, 0.2) is 24.5 Å². The van der Waals surface area contributed by atoms with Crippen LogP contribution in [0.3, 0.4) is 0 Å². The van der Waals surface area contributed by atoms with Gasteiger partial charge in [0.25, 0.3) is 5.91 Å². The summed E-state index contributed by atoms with van der Waals surface area (Å²) in [6.07, 6.45) is 3.95. The van der Waals surface area contributed by atoms with E-state index < -0.39 is 0 Å². The summed E-state index contributed by atoms with van der Waals surface area (Å²) in [5, 5.41) is 0.973. The third kappa shape index (κ3) is 4.24. The van der Waals surface area contributed by atoms with E-state index in [-0.39, 0.29) is 11.8 Å². The third-order valence-electron chi connectivity index (χ3n) is 5.80. The molecule has 156 valence electrons. The van der Waals surface area contributed by atoms with Crippen LogP contribution in [0.4, 0.5) is 0 Å². The van der Waals surface area contributed by atoms with Crippen LogP contribution in [0.5, 0.6) is 0 Å². The topological polar surface area (TPSA) is 58.0 Å². The van der Waals surface area contributed by atoms with E-state index in [1.165, 1.54) is 0 Å². The fraction of sp³-hybridized carbons (Fsp3) is 0.524. The van der Waals surface area contributed by atoms with Crippen molar-refractivity contribution >= 4 is 23.2 Å². The van der Waals surface area contributed by atoms with Crippen LogP contribution in [0, 0.1) is 13.8 Å². The highest BCUT2D eigenvalue weighted by Gasteiger charge is 2.29. The van der Waals surface area contributed by atoms with E-state index in [1.807, 2.05) is 45.8 Å². The van der Waals surface area contributed by atoms with Crippen molar-refractivity contribution in [2.45, 2.75) is 13.8 Å². The van der Waals surface area contributed by atoms with Gasteiger partial charge in [-0.2, -0.15) is 0 Å². The Morgan fingerprint density at radius 3 is 2.24 bits per heavy atom. The van der Waals surface area contributed by atoms with Gasteiger partial charge in [0.1, 0.15) is 5.00 Å². The highest BCUT2D eigenvalue weighted by Crippen LogP contribution is 2.32. The number of amides is 2. The molecule has 0 aromatic carbocycles. The molecule has 0 radical (unpaired) electrons. The average Bonchev–Trinajstić information content (AvgIpc) is 3.37. The molecule has 8 heteroatoms. The predicted molar refractivity (Wildman–Crippen MR) is 113 cm³/mol. The van der Waals surface area contributed by atoms with Gasteiger partial charge in [0, 0.05) is 56.5 Å². The van der Waals surface area contributed by atoms with E-state index in [4.69, 9.17) is 4.74 Å². The fourth-order valence-electron chi connectivity index (χ4n) is 3.88. The van der Waals surface area contributed by atoms with Crippen molar-refractivity contribution < 1.29 is 14.3 Å². The van der Waals surface area contributed by atoms with Crippen LogP contribution in [0.1, 0.15) is 20.8 Å². The maximum absolute atomic E-state index is 13.3. The standard InChI is InChI=1S/C21H28N4O3S/c1-16-17(2)29-21(25-5-3-4-6-25)19(16)20(27)24-9-7-23(8-10-24)18(26)15-22-11-13-28-14-12-22/h3-6H,7-15H2,1-2H3. The molecule has 4 rings (SSSR count). The second kappa shape index (κ2) is 8.69. The molecule has 0 bridgehead atoms. The molecule has 0 unspecified atom stereocenters. The Bertz CT molecular complexity index is 863. The molecule has 4 heterocycles. The van der Waals surface area contributed by atoms with E-state index in [9.17, 15) is 9.59 Å². The summed E-state index contributed by atoms with van der Waals surface area (Å²) in [5.41, 5.74) is 1.84. The zero-order valence-electron chi connectivity index (χ0n) is 17.1. The number of aryl methyl sites for hydroxylation is 1. The van der Waals surface area contributed by atoms with Crippen molar-refractivity contribution in [1.82, 2.24) is 19.3 Å². The lowest BCUT2D eigenvalue weighted by atomic mass is 10.1. The number of rotatable bonds is 4. The Labute approximate surface area is 175 Å². The monoisotopic (exact) mass is 416 g/mol. The lowest BCUT2D eigenvalue weighted by Crippen LogP contribution is -2.53. The molecule has 0 spiro atoms. The van der Waals surface area contributed by atoms with Crippen molar-refractivity contribution in [3.8, 4) is 5.00 Å². The van der Waals surface area contributed by atoms with Crippen LogP contribution in [-0.2, 0) is 9.53 Å². The van der Waals surface area contributed by atoms with Crippen molar-refractivity contribution in [3.05, 3.63) is 40.5 Å². The number of carbonyl (C=O) groups is 2. The van der Waals surface area contributed by atoms with Gasteiger partial charge in [-0.15, -0.1) is 11.3 Å². The van der Waals surface area contributed by atoms with Gasteiger partial charge in [0.05, 0.1) is 25.3 Å². The number of hydrogen-bond acceptors (Lipinski definition) is 5. The highest BCUT2D eigenvalue weighted by molar-refractivity contribution is 7.15. The molecule has 2 saturated heterocycles. The smallest absolute Gasteiger partial charge is 0.257 e. The first-order chi connectivity index (χ1) is 14.0. The van der Waals surface area contributed by atoms with Crippen molar-refractivity contribution in [2.24, 2.45) is 0 Å². The molecular weight excluding hydrogens is 388 g/mol.